The fourth-order valence-corrected chi connectivity index (χ4v) is 3.44. The third-order valence-electron chi connectivity index (χ3n) is 3.20. The molecule has 0 amide bonds. The van der Waals surface area contributed by atoms with E-state index >= 15 is 0 Å². The lowest BCUT2D eigenvalue weighted by molar-refractivity contribution is 1.15. The number of hydrogen-bond donors (Lipinski definition) is 1. The van der Waals surface area contributed by atoms with Gasteiger partial charge in [-0.25, -0.2) is 0 Å². The molecule has 106 valence electrons. The van der Waals surface area contributed by atoms with Gasteiger partial charge in [0.2, 0.25) is 0 Å². The fraction of sp³-hybridized carbons (Fsp3) is 0.0625. The predicted octanol–water partition coefficient (Wildman–Crippen LogP) is 5.76. The van der Waals surface area contributed by atoms with Gasteiger partial charge in [-0.15, -0.1) is 0 Å². The maximum Gasteiger partial charge on any atom is 0.0766 e. The van der Waals surface area contributed by atoms with Crippen LogP contribution in [0.3, 0.4) is 0 Å². The van der Waals surface area contributed by atoms with Gasteiger partial charge in [0, 0.05) is 37.4 Å². The summed E-state index contributed by atoms with van der Waals surface area (Å²) in [6.07, 6.45) is 1.79. The fourth-order valence-electron chi connectivity index (χ4n) is 2.16. The Morgan fingerprint density at radius 3 is 2.76 bits per heavy atom. The zero-order valence-corrected chi connectivity index (χ0v) is 14.6. The van der Waals surface area contributed by atoms with Gasteiger partial charge in [-0.1, -0.05) is 29.3 Å². The van der Waals surface area contributed by atoms with Gasteiger partial charge in [0.05, 0.1) is 5.52 Å². The number of hydrogen-bond acceptors (Lipinski definition) is 2. The number of anilines is 1. The minimum absolute atomic E-state index is 0.683. The number of rotatable bonds is 3. The van der Waals surface area contributed by atoms with Gasteiger partial charge in [-0.3, -0.25) is 4.98 Å². The molecule has 3 aromatic rings. The van der Waals surface area contributed by atoms with Crippen LogP contribution in [0.4, 0.5) is 5.69 Å². The Labute approximate surface area is 146 Å². The second kappa shape index (κ2) is 6.38. The van der Waals surface area contributed by atoms with E-state index in [4.69, 9.17) is 23.2 Å². The zero-order chi connectivity index (χ0) is 14.8. The van der Waals surface area contributed by atoms with E-state index in [1.165, 1.54) is 0 Å². The summed E-state index contributed by atoms with van der Waals surface area (Å²) in [6.45, 7) is 0.683. The molecule has 0 radical (unpaired) electrons. The summed E-state index contributed by atoms with van der Waals surface area (Å²) in [5.74, 6) is 0. The van der Waals surface area contributed by atoms with Crippen LogP contribution in [0.1, 0.15) is 5.56 Å². The van der Waals surface area contributed by atoms with Crippen molar-refractivity contribution in [3.8, 4) is 0 Å². The molecule has 0 aliphatic rings. The molecule has 5 heteroatoms. The maximum atomic E-state index is 6.21. The average molecular weight is 429 g/mol. The first kappa shape index (κ1) is 14.9. The van der Waals surface area contributed by atoms with Gasteiger partial charge >= 0.3 is 0 Å². The lowest BCUT2D eigenvalue weighted by atomic mass is 10.1. The zero-order valence-electron chi connectivity index (χ0n) is 10.9. The van der Waals surface area contributed by atoms with Crippen molar-refractivity contribution in [2.75, 3.05) is 5.32 Å². The van der Waals surface area contributed by atoms with Crippen molar-refractivity contribution in [1.29, 1.82) is 0 Å². The molecule has 0 saturated heterocycles. The van der Waals surface area contributed by atoms with Crippen LogP contribution in [0.15, 0.2) is 48.7 Å². The minimum Gasteiger partial charge on any atom is -0.380 e. The lowest BCUT2D eigenvalue weighted by Gasteiger charge is -2.11. The number of nitrogens with zero attached hydrogens (tertiary/aromatic N) is 1. The summed E-state index contributed by atoms with van der Waals surface area (Å²) >= 11 is 14.5. The number of fused-ring (bicyclic) bond motifs is 1. The Hall–Kier alpha value is -1.04. The van der Waals surface area contributed by atoms with Crippen molar-refractivity contribution in [3.05, 3.63) is 67.8 Å². The first-order valence-corrected chi connectivity index (χ1v) is 8.19. The Bertz CT molecular complexity index is 805. The van der Waals surface area contributed by atoms with E-state index < -0.39 is 0 Å². The largest absolute Gasteiger partial charge is 0.380 e. The Balaban J connectivity index is 1.90. The third kappa shape index (κ3) is 3.25. The highest BCUT2D eigenvalue weighted by Gasteiger charge is 2.06. The molecule has 0 aliphatic heterocycles. The van der Waals surface area contributed by atoms with Crippen LogP contribution in [0.5, 0.6) is 0 Å². The molecule has 2 aromatic carbocycles. The summed E-state index contributed by atoms with van der Waals surface area (Å²) in [4.78, 5) is 4.44. The Kier molecular flexibility index (Phi) is 4.52. The number of nitrogens with one attached hydrogen (secondary N) is 1. The summed E-state index contributed by atoms with van der Waals surface area (Å²) in [6, 6.07) is 13.6. The van der Waals surface area contributed by atoms with E-state index in [1.807, 2.05) is 42.5 Å². The van der Waals surface area contributed by atoms with Crippen molar-refractivity contribution in [1.82, 2.24) is 4.98 Å². The molecular weight excluding hydrogens is 418 g/mol. The van der Waals surface area contributed by atoms with Gasteiger partial charge in [0.15, 0.2) is 0 Å². The lowest BCUT2D eigenvalue weighted by Crippen LogP contribution is -2.02. The van der Waals surface area contributed by atoms with Crippen LogP contribution in [-0.4, -0.2) is 4.98 Å². The predicted molar refractivity (Wildman–Crippen MR) is 98.2 cm³/mol. The smallest absolute Gasteiger partial charge is 0.0766 e. The van der Waals surface area contributed by atoms with Gasteiger partial charge < -0.3 is 5.32 Å². The van der Waals surface area contributed by atoms with E-state index in [1.54, 1.807) is 6.20 Å². The molecule has 1 heterocycles. The quantitative estimate of drug-likeness (QED) is 0.536. The molecule has 0 unspecified atom stereocenters. The van der Waals surface area contributed by atoms with Crippen LogP contribution in [0.25, 0.3) is 10.9 Å². The molecule has 0 bridgehead atoms. The molecule has 0 saturated carbocycles. The number of pyridine rings is 1. The summed E-state index contributed by atoms with van der Waals surface area (Å²) < 4.78 is 1.09. The van der Waals surface area contributed by atoms with E-state index in [0.717, 1.165) is 35.8 Å². The van der Waals surface area contributed by atoms with Crippen LogP contribution < -0.4 is 5.32 Å². The van der Waals surface area contributed by atoms with Crippen LogP contribution in [-0.2, 0) is 6.54 Å². The molecular formula is C16H11Cl2IN2. The van der Waals surface area contributed by atoms with Crippen molar-refractivity contribution in [2.45, 2.75) is 6.54 Å². The Morgan fingerprint density at radius 2 is 1.95 bits per heavy atom. The van der Waals surface area contributed by atoms with E-state index in [2.05, 4.69) is 32.9 Å². The standard InChI is InChI=1S/C16H11Cl2IN2/c17-11-4-6-15(14(19)8-11)21-9-10-3-5-13(18)12-2-1-7-20-16(10)12/h1-8,21H,9H2. The molecule has 0 atom stereocenters. The molecule has 0 fully saturated rings. The molecule has 1 N–H and O–H groups in total. The summed E-state index contributed by atoms with van der Waals surface area (Å²) in [7, 11) is 0. The summed E-state index contributed by atoms with van der Waals surface area (Å²) in [5, 5.41) is 5.86. The first-order valence-electron chi connectivity index (χ1n) is 6.36. The van der Waals surface area contributed by atoms with Crippen molar-refractivity contribution in [3.63, 3.8) is 0 Å². The SMILES string of the molecule is Clc1ccc(NCc2ccc(Cl)c3cccnc23)c(I)c1. The van der Waals surface area contributed by atoms with E-state index in [-0.39, 0.29) is 0 Å². The van der Waals surface area contributed by atoms with Crippen molar-refractivity contribution >= 4 is 62.4 Å². The highest BCUT2D eigenvalue weighted by Crippen LogP contribution is 2.27. The molecule has 0 spiro atoms. The number of halogens is 3. The first-order chi connectivity index (χ1) is 10.1. The normalized spacial score (nSPS) is 10.8. The van der Waals surface area contributed by atoms with Gasteiger partial charge in [-0.05, 0) is 64.6 Å². The third-order valence-corrected chi connectivity index (χ3v) is 4.66. The molecule has 3 rings (SSSR count). The van der Waals surface area contributed by atoms with Gasteiger partial charge in [0.25, 0.3) is 0 Å². The average Bonchev–Trinajstić information content (AvgIpc) is 2.48. The van der Waals surface area contributed by atoms with E-state index in [0.29, 0.717) is 6.54 Å². The topological polar surface area (TPSA) is 24.9 Å². The van der Waals surface area contributed by atoms with Crippen LogP contribution in [0.2, 0.25) is 10.0 Å². The Morgan fingerprint density at radius 1 is 1.10 bits per heavy atom. The highest BCUT2D eigenvalue weighted by atomic mass is 127. The monoisotopic (exact) mass is 428 g/mol. The second-order valence-corrected chi connectivity index (χ2v) is 6.59. The molecule has 1 aromatic heterocycles. The van der Waals surface area contributed by atoms with E-state index in [9.17, 15) is 0 Å². The van der Waals surface area contributed by atoms with Gasteiger partial charge in [0.1, 0.15) is 0 Å². The number of benzene rings is 2. The van der Waals surface area contributed by atoms with Crippen molar-refractivity contribution in [2.24, 2.45) is 0 Å². The highest BCUT2D eigenvalue weighted by molar-refractivity contribution is 14.1. The second-order valence-electron chi connectivity index (χ2n) is 4.58. The van der Waals surface area contributed by atoms with Crippen LogP contribution >= 0.6 is 45.8 Å². The van der Waals surface area contributed by atoms with Gasteiger partial charge in [-0.2, -0.15) is 0 Å². The molecule has 21 heavy (non-hydrogen) atoms. The minimum atomic E-state index is 0.683. The summed E-state index contributed by atoms with van der Waals surface area (Å²) in [5.41, 5.74) is 3.10. The molecule has 0 aliphatic carbocycles. The van der Waals surface area contributed by atoms with Crippen LogP contribution in [0, 0.1) is 3.57 Å². The maximum absolute atomic E-state index is 6.21. The molecule has 2 nitrogen and oxygen atoms in total. The van der Waals surface area contributed by atoms with Crippen molar-refractivity contribution < 1.29 is 0 Å². The number of aromatic nitrogens is 1.